The van der Waals surface area contributed by atoms with Crippen LogP contribution in [0.5, 0.6) is 0 Å². The highest BCUT2D eigenvalue weighted by molar-refractivity contribution is 5.67. The summed E-state index contributed by atoms with van der Waals surface area (Å²) in [5.74, 6) is 0.399. The van der Waals surface area contributed by atoms with Crippen LogP contribution >= 0.6 is 0 Å². The van der Waals surface area contributed by atoms with E-state index in [4.69, 9.17) is 5.73 Å². The van der Waals surface area contributed by atoms with Gasteiger partial charge in [0.2, 0.25) is 0 Å². The van der Waals surface area contributed by atoms with Gasteiger partial charge in [-0.1, -0.05) is 61.5 Å². The highest BCUT2D eigenvalue weighted by atomic mass is 14.5. The summed E-state index contributed by atoms with van der Waals surface area (Å²) in [6.45, 7) is 2.85. The highest BCUT2D eigenvalue weighted by Gasteiger charge is 2.09. The lowest BCUT2D eigenvalue weighted by Gasteiger charge is -2.14. The Labute approximate surface area is 96.9 Å². The van der Waals surface area contributed by atoms with Crippen LogP contribution in [0.2, 0.25) is 0 Å². The summed E-state index contributed by atoms with van der Waals surface area (Å²) in [6, 6.07) is 18.9. The summed E-state index contributed by atoms with van der Waals surface area (Å²) >= 11 is 0. The molecule has 1 heteroatoms. The van der Waals surface area contributed by atoms with Gasteiger partial charge in [-0.05, 0) is 29.2 Å². The minimum absolute atomic E-state index is 0.399. The second kappa shape index (κ2) is 4.95. The zero-order valence-electron chi connectivity index (χ0n) is 9.56. The van der Waals surface area contributed by atoms with Gasteiger partial charge < -0.3 is 5.73 Å². The Kier molecular flexibility index (Phi) is 3.37. The molecule has 0 aromatic heterocycles. The van der Waals surface area contributed by atoms with E-state index in [0.29, 0.717) is 12.5 Å². The van der Waals surface area contributed by atoms with Gasteiger partial charge in [-0.3, -0.25) is 0 Å². The van der Waals surface area contributed by atoms with Crippen LogP contribution in [0, 0.1) is 0 Å². The molecule has 0 amide bonds. The Bertz CT molecular complexity index is 448. The zero-order chi connectivity index (χ0) is 11.4. The van der Waals surface area contributed by atoms with Crippen molar-refractivity contribution < 1.29 is 0 Å². The van der Waals surface area contributed by atoms with Gasteiger partial charge in [0.05, 0.1) is 0 Å². The van der Waals surface area contributed by atoms with E-state index < -0.39 is 0 Å². The maximum atomic E-state index is 5.75. The average Bonchev–Trinajstić information content (AvgIpc) is 2.39. The smallest absolute Gasteiger partial charge is 0.00107 e. The van der Waals surface area contributed by atoms with Gasteiger partial charge in [-0.15, -0.1) is 0 Å². The number of rotatable bonds is 3. The van der Waals surface area contributed by atoms with Crippen molar-refractivity contribution in [3.8, 4) is 11.1 Å². The van der Waals surface area contributed by atoms with Gasteiger partial charge >= 0.3 is 0 Å². The molecule has 0 aliphatic heterocycles. The summed E-state index contributed by atoms with van der Waals surface area (Å²) in [5.41, 5.74) is 9.64. The third kappa shape index (κ3) is 2.15. The van der Waals surface area contributed by atoms with E-state index in [-0.39, 0.29) is 0 Å². The van der Waals surface area contributed by atoms with Crippen LogP contribution < -0.4 is 5.73 Å². The molecule has 0 aliphatic carbocycles. The highest BCUT2D eigenvalue weighted by Crippen LogP contribution is 2.28. The van der Waals surface area contributed by atoms with Gasteiger partial charge in [0.15, 0.2) is 0 Å². The Balaban J connectivity index is 2.49. The molecule has 0 spiro atoms. The van der Waals surface area contributed by atoms with Crippen molar-refractivity contribution in [3.63, 3.8) is 0 Å². The second-order valence-electron chi connectivity index (χ2n) is 4.09. The lowest BCUT2D eigenvalue weighted by atomic mass is 9.92. The summed E-state index contributed by atoms with van der Waals surface area (Å²) in [4.78, 5) is 0. The van der Waals surface area contributed by atoms with Crippen LogP contribution in [-0.4, -0.2) is 6.54 Å². The summed E-state index contributed by atoms with van der Waals surface area (Å²) < 4.78 is 0. The van der Waals surface area contributed by atoms with Gasteiger partial charge in [-0.25, -0.2) is 0 Å². The SMILES string of the molecule is C[C@@H](CN)c1ccccc1-c1ccccc1. The predicted octanol–water partition coefficient (Wildman–Crippen LogP) is 3.42. The van der Waals surface area contributed by atoms with Crippen molar-refractivity contribution in [3.05, 3.63) is 60.2 Å². The first-order valence-corrected chi connectivity index (χ1v) is 5.67. The van der Waals surface area contributed by atoms with Gasteiger partial charge in [0.1, 0.15) is 0 Å². The molecule has 0 unspecified atom stereocenters. The maximum Gasteiger partial charge on any atom is -0.00107 e. The normalized spacial score (nSPS) is 12.4. The van der Waals surface area contributed by atoms with E-state index in [1.165, 1.54) is 16.7 Å². The molecule has 2 N–H and O–H groups in total. The molecular weight excluding hydrogens is 194 g/mol. The molecule has 2 aromatic rings. The topological polar surface area (TPSA) is 26.0 Å². The Morgan fingerprint density at radius 2 is 1.56 bits per heavy atom. The molecule has 0 fully saturated rings. The third-order valence-corrected chi connectivity index (χ3v) is 2.93. The standard InChI is InChI=1S/C15H17N/c1-12(11-16)14-9-5-6-10-15(14)13-7-3-2-4-8-13/h2-10,12H,11,16H2,1H3/t12-/m0/s1. The summed E-state index contributed by atoms with van der Waals surface area (Å²) in [6.07, 6.45) is 0. The number of benzene rings is 2. The summed E-state index contributed by atoms with van der Waals surface area (Å²) in [7, 11) is 0. The molecule has 0 saturated heterocycles. The number of nitrogens with two attached hydrogens (primary N) is 1. The monoisotopic (exact) mass is 211 g/mol. The average molecular weight is 211 g/mol. The molecule has 16 heavy (non-hydrogen) atoms. The van der Waals surface area contributed by atoms with Crippen LogP contribution in [0.3, 0.4) is 0 Å². The van der Waals surface area contributed by atoms with Crippen molar-refractivity contribution in [2.24, 2.45) is 5.73 Å². The fraction of sp³-hybridized carbons (Fsp3) is 0.200. The van der Waals surface area contributed by atoms with Gasteiger partial charge in [0.25, 0.3) is 0 Å². The molecule has 0 radical (unpaired) electrons. The minimum Gasteiger partial charge on any atom is -0.330 e. The van der Waals surface area contributed by atoms with Crippen LogP contribution in [0.1, 0.15) is 18.4 Å². The molecule has 0 heterocycles. The maximum absolute atomic E-state index is 5.75. The van der Waals surface area contributed by atoms with Crippen LogP contribution in [0.25, 0.3) is 11.1 Å². The van der Waals surface area contributed by atoms with Crippen LogP contribution in [0.4, 0.5) is 0 Å². The Morgan fingerprint density at radius 1 is 0.938 bits per heavy atom. The predicted molar refractivity (Wildman–Crippen MR) is 69.3 cm³/mol. The number of hydrogen-bond acceptors (Lipinski definition) is 1. The molecule has 2 rings (SSSR count). The molecule has 0 bridgehead atoms. The number of hydrogen-bond donors (Lipinski definition) is 1. The van der Waals surface area contributed by atoms with Crippen LogP contribution in [0.15, 0.2) is 54.6 Å². The molecule has 82 valence electrons. The van der Waals surface area contributed by atoms with Crippen molar-refractivity contribution in [2.75, 3.05) is 6.54 Å². The van der Waals surface area contributed by atoms with Crippen molar-refractivity contribution in [1.82, 2.24) is 0 Å². The first kappa shape index (κ1) is 10.9. The van der Waals surface area contributed by atoms with Crippen LogP contribution in [-0.2, 0) is 0 Å². The van der Waals surface area contributed by atoms with Gasteiger partial charge in [-0.2, -0.15) is 0 Å². The second-order valence-corrected chi connectivity index (χ2v) is 4.09. The minimum atomic E-state index is 0.399. The first-order valence-electron chi connectivity index (χ1n) is 5.67. The van der Waals surface area contributed by atoms with E-state index in [1.807, 2.05) is 6.07 Å². The van der Waals surface area contributed by atoms with Gasteiger partial charge in [0, 0.05) is 0 Å². The zero-order valence-corrected chi connectivity index (χ0v) is 9.56. The van der Waals surface area contributed by atoms with Crippen molar-refractivity contribution in [2.45, 2.75) is 12.8 Å². The fourth-order valence-electron chi connectivity index (χ4n) is 1.93. The quantitative estimate of drug-likeness (QED) is 0.827. The van der Waals surface area contributed by atoms with E-state index in [0.717, 1.165) is 0 Å². The lowest BCUT2D eigenvalue weighted by molar-refractivity contribution is 0.776. The molecule has 1 atom stereocenters. The van der Waals surface area contributed by atoms with E-state index in [1.54, 1.807) is 0 Å². The molecular formula is C15H17N. The fourth-order valence-corrected chi connectivity index (χ4v) is 1.93. The lowest BCUT2D eigenvalue weighted by Crippen LogP contribution is -2.09. The van der Waals surface area contributed by atoms with E-state index in [2.05, 4.69) is 55.5 Å². The first-order chi connectivity index (χ1) is 7.83. The van der Waals surface area contributed by atoms with E-state index >= 15 is 0 Å². The molecule has 0 aliphatic rings. The Hall–Kier alpha value is -1.60. The molecule has 1 nitrogen and oxygen atoms in total. The van der Waals surface area contributed by atoms with Crippen molar-refractivity contribution in [1.29, 1.82) is 0 Å². The van der Waals surface area contributed by atoms with E-state index in [9.17, 15) is 0 Å². The third-order valence-electron chi connectivity index (χ3n) is 2.93. The summed E-state index contributed by atoms with van der Waals surface area (Å²) in [5, 5.41) is 0. The Morgan fingerprint density at radius 3 is 2.25 bits per heavy atom. The molecule has 2 aromatic carbocycles. The van der Waals surface area contributed by atoms with Crippen molar-refractivity contribution >= 4 is 0 Å². The molecule has 0 saturated carbocycles. The largest absolute Gasteiger partial charge is 0.330 e.